The number of hydrogen-bond donors (Lipinski definition) is 2. The Morgan fingerprint density at radius 2 is 1.77 bits per heavy atom. The van der Waals surface area contributed by atoms with Crippen LogP contribution in [0.4, 0.5) is 5.69 Å². The molecule has 2 saturated heterocycles. The van der Waals surface area contributed by atoms with E-state index in [1.54, 1.807) is 0 Å². The van der Waals surface area contributed by atoms with Crippen LogP contribution in [-0.4, -0.2) is 73.4 Å². The highest BCUT2D eigenvalue weighted by atomic mass is 16.5. The Balaban J connectivity index is 1.38. The predicted octanol–water partition coefficient (Wildman–Crippen LogP) is 2.67. The first kappa shape index (κ1) is 22.1. The largest absolute Gasteiger partial charge is 0.458 e. The van der Waals surface area contributed by atoms with Crippen LogP contribution in [0.3, 0.4) is 0 Å². The summed E-state index contributed by atoms with van der Waals surface area (Å²) in [5.41, 5.74) is 10.9. The number of morpholine rings is 2. The zero-order valence-electron chi connectivity index (χ0n) is 19.6. The van der Waals surface area contributed by atoms with Gasteiger partial charge < -0.3 is 29.5 Å². The Kier molecular flexibility index (Phi) is 5.89. The summed E-state index contributed by atoms with van der Waals surface area (Å²) >= 11 is 0. The maximum absolute atomic E-state index is 11.9. The number of carbonyl (C=O) groups is 1. The first-order valence-corrected chi connectivity index (χ1v) is 12.1. The molecular weight excluding hydrogens is 446 g/mol. The molecule has 9 nitrogen and oxygen atoms in total. The van der Waals surface area contributed by atoms with Crippen LogP contribution in [0, 0.1) is 0 Å². The van der Waals surface area contributed by atoms with Gasteiger partial charge in [-0.3, -0.25) is 9.69 Å². The maximum atomic E-state index is 11.9. The summed E-state index contributed by atoms with van der Waals surface area (Å²) in [6, 6.07) is 12.2. The Bertz CT molecular complexity index is 1370. The van der Waals surface area contributed by atoms with Crippen LogP contribution in [0.2, 0.25) is 0 Å². The van der Waals surface area contributed by atoms with Crippen LogP contribution in [0.1, 0.15) is 11.3 Å². The number of furan rings is 1. The standard InChI is InChI=1S/C26H29N5O4/c27-24(32)14-17-13-22(23-4-2-19(35-23)16-30-5-9-33-10-6-30)29-26-20-3-1-18(15-21(20)28-25(17)26)31-7-11-34-12-8-31/h1-4,13,15,28H,5-12,14,16H2,(H2,27,32). The Morgan fingerprint density at radius 1 is 1.00 bits per heavy atom. The van der Waals surface area contributed by atoms with E-state index >= 15 is 0 Å². The third-order valence-corrected chi connectivity index (χ3v) is 6.76. The number of carbonyl (C=O) groups excluding carboxylic acids is 1. The summed E-state index contributed by atoms with van der Waals surface area (Å²) in [6.07, 6.45) is 0.122. The molecule has 35 heavy (non-hydrogen) atoms. The lowest BCUT2D eigenvalue weighted by atomic mass is 10.1. The van der Waals surface area contributed by atoms with E-state index in [4.69, 9.17) is 24.6 Å². The summed E-state index contributed by atoms with van der Waals surface area (Å²) < 4.78 is 17.1. The molecule has 2 aliphatic rings. The van der Waals surface area contributed by atoms with E-state index in [0.717, 1.165) is 98.1 Å². The monoisotopic (exact) mass is 475 g/mol. The highest BCUT2D eigenvalue weighted by Gasteiger charge is 2.19. The van der Waals surface area contributed by atoms with Gasteiger partial charge in [-0.15, -0.1) is 0 Å². The molecular formula is C26H29N5O4. The number of aromatic nitrogens is 2. The first-order valence-electron chi connectivity index (χ1n) is 12.1. The Labute approximate surface area is 202 Å². The number of hydrogen-bond acceptors (Lipinski definition) is 7. The molecule has 182 valence electrons. The number of benzene rings is 1. The van der Waals surface area contributed by atoms with Crippen molar-refractivity contribution in [1.82, 2.24) is 14.9 Å². The molecule has 0 spiro atoms. The van der Waals surface area contributed by atoms with Crippen LogP contribution in [0.5, 0.6) is 0 Å². The molecule has 1 aromatic carbocycles. The van der Waals surface area contributed by atoms with Crippen LogP contribution in [-0.2, 0) is 27.2 Å². The molecule has 0 atom stereocenters. The summed E-state index contributed by atoms with van der Waals surface area (Å²) in [6.45, 7) is 7.21. The molecule has 0 radical (unpaired) electrons. The van der Waals surface area contributed by atoms with E-state index < -0.39 is 0 Å². The fraction of sp³-hybridized carbons (Fsp3) is 0.385. The van der Waals surface area contributed by atoms with Crippen molar-refractivity contribution in [2.75, 3.05) is 57.5 Å². The number of primary amides is 1. The molecule has 0 aliphatic carbocycles. The normalized spacial score (nSPS) is 17.4. The van der Waals surface area contributed by atoms with Crippen LogP contribution in [0.15, 0.2) is 40.8 Å². The van der Waals surface area contributed by atoms with Gasteiger partial charge in [-0.05, 0) is 42.0 Å². The average molecular weight is 476 g/mol. The zero-order valence-corrected chi connectivity index (χ0v) is 19.6. The van der Waals surface area contributed by atoms with Gasteiger partial charge in [-0.25, -0.2) is 4.98 Å². The second-order valence-electron chi connectivity index (χ2n) is 9.14. The van der Waals surface area contributed by atoms with Crippen LogP contribution in [0.25, 0.3) is 33.4 Å². The molecule has 5 heterocycles. The number of pyridine rings is 1. The van der Waals surface area contributed by atoms with Gasteiger partial charge in [0.2, 0.25) is 5.91 Å². The number of nitrogens with one attached hydrogen (secondary N) is 1. The van der Waals surface area contributed by atoms with Crippen molar-refractivity contribution < 1.29 is 18.7 Å². The average Bonchev–Trinajstić information content (AvgIpc) is 3.49. The molecule has 4 aromatic rings. The molecule has 2 aliphatic heterocycles. The maximum Gasteiger partial charge on any atom is 0.221 e. The van der Waals surface area contributed by atoms with Crippen molar-refractivity contribution in [1.29, 1.82) is 0 Å². The zero-order chi connectivity index (χ0) is 23.8. The lowest BCUT2D eigenvalue weighted by molar-refractivity contribution is -0.117. The lowest BCUT2D eigenvalue weighted by Crippen LogP contribution is -2.36. The summed E-state index contributed by atoms with van der Waals surface area (Å²) in [7, 11) is 0. The minimum absolute atomic E-state index is 0.122. The number of amides is 1. The number of aromatic amines is 1. The van der Waals surface area contributed by atoms with E-state index in [2.05, 4.69) is 33.0 Å². The second-order valence-corrected chi connectivity index (χ2v) is 9.14. The lowest BCUT2D eigenvalue weighted by Gasteiger charge is -2.28. The minimum atomic E-state index is -0.386. The summed E-state index contributed by atoms with van der Waals surface area (Å²) in [4.78, 5) is 25.0. The summed E-state index contributed by atoms with van der Waals surface area (Å²) in [5.74, 6) is 1.18. The van der Waals surface area contributed by atoms with E-state index in [1.165, 1.54) is 0 Å². The topological polar surface area (TPSA) is 110 Å². The Hall–Kier alpha value is -3.40. The van der Waals surface area contributed by atoms with Crippen LogP contribution >= 0.6 is 0 Å². The fourth-order valence-electron chi connectivity index (χ4n) is 4.96. The van der Waals surface area contributed by atoms with Gasteiger partial charge in [0, 0.05) is 37.3 Å². The van der Waals surface area contributed by atoms with Crippen molar-refractivity contribution >= 4 is 33.5 Å². The predicted molar refractivity (Wildman–Crippen MR) is 133 cm³/mol. The molecule has 3 N–H and O–H groups in total. The molecule has 1 amide bonds. The second kappa shape index (κ2) is 9.33. The number of ether oxygens (including phenoxy) is 2. The number of nitrogens with two attached hydrogens (primary N) is 1. The highest BCUT2D eigenvalue weighted by molar-refractivity contribution is 6.08. The molecule has 6 rings (SSSR count). The van der Waals surface area contributed by atoms with E-state index in [1.807, 2.05) is 18.2 Å². The van der Waals surface area contributed by atoms with Crippen molar-refractivity contribution in [2.24, 2.45) is 5.73 Å². The van der Waals surface area contributed by atoms with Crippen LogP contribution < -0.4 is 10.6 Å². The number of anilines is 1. The van der Waals surface area contributed by atoms with Gasteiger partial charge in [0.1, 0.15) is 11.5 Å². The summed E-state index contributed by atoms with van der Waals surface area (Å²) in [5, 5.41) is 1.00. The molecule has 2 fully saturated rings. The quantitative estimate of drug-likeness (QED) is 0.441. The first-order chi connectivity index (χ1) is 17.1. The SMILES string of the molecule is NC(=O)Cc1cc(-c2ccc(CN3CCOCC3)o2)nc2c1[nH]c1cc(N3CCOCC3)ccc12. The van der Waals surface area contributed by atoms with Gasteiger partial charge >= 0.3 is 0 Å². The van der Waals surface area contributed by atoms with Crippen molar-refractivity contribution in [3.63, 3.8) is 0 Å². The van der Waals surface area contributed by atoms with Gasteiger partial charge in [0.05, 0.1) is 55.9 Å². The van der Waals surface area contributed by atoms with Gasteiger partial charge in [-0.2, -0.15) is 0 Å². The molecule has 9 heteroatoms. The van der Waals surface area contributed by atoms with Gasteiger partial charge in [-0.1, -0.05) is 0 Å². The van der Waals surface area contributed by atoms with E-state index in [9.17, 15) is 4.79 Å². The third kappa shape index (κ3) is 4.50. The molecule has 0 bridgehead atoms. The minimum Gasteiger partial charge on any atom is -0.458 e. The molecule has 0 saturated carbocycles. The van der Waals surface area contributed by atoms with E-state index in [-0.39, 0.29) is 12.3 Å². The Morgan fingerprint density at radius 3 is 2.54 bits per heavy atom. The highest BCUT2D eigenvalue weighted by Crippen LogP contribution is 2.33. The number of rotatable bonds is 6. The smallest absolute Gasteiger partial charge is 0.221 e. The fourth-order valence-corrected chi connectivity index (χ4v) is 4.96. The molecule has 0 unspecified atom stereocenters. The van der Waals surface area contributed by atoms with Crippen molar-refractivity contribution in [3.05, 3.63) is 47.7 Å². The van der Waals surface area contributed by atoms with E-state index in [0.29, 0.717) is 11.5 Å². The van der Waals surface area contributed by atoms with Crippen molar-refractivity contribution in [2.45, 2.75) is 13.0 Å². The number of H-pyrrole nitrogens is 1. The van der Waals surface area contributed by atoms with Gasteiger partial charge in [0.25, 0.3) is 0 Å². The van der Waals surface area contributed by atoms with Crippen molar-refractivity contribution in [3.8, 4) is 11.5 Å². The number of nitrogens with zero attached hydrogens (tertiary/aromatic N) is 3. The number of fused-ring (bicyclic) bond motifs is 3. The van der Waals surface area contributed by atoms with Gasteiger partial charge in [0.15, 0.2) is 5.76 Å². The molecule has 3 aromatic heterocycles. The third-order valence-electron chi connectivity index (χ3n) is 6.76.